The van der Waals surface area contributed by atoms with E-state index in [1.807, 2.05) is 37.3 Å². The number of hydrogen-bond acceptors (Lipinski definition) is 3. The van der Waals surface area contributed by atoms with Crippen molar-refractivity contribution in [3.63, 3.8) is 0 Å². The van der Waals surface area contributed by atoms with Crippen LogP contribution in [-0.2, 0) is 32.7 Å². The molecule has 125 valence electrons. The monoisotopic (exact) mass is 400 g/mol. The normalized spacial score (nSPS) is 29.7. The minimum atomic E-state index is -0.550. The third-order valence-electron chi connectivity index (χ3n) is 4.92. The predicted molar refractivity (Wildman–Crippen MR) is 88.9 cm³/mol. The van der Waals surface area contributed by atoms with Gasteiger partial charge >= 0.3 is 0 Å². The summed E-state index contributed by atoms with van der Waals surface area (Å²) in [5.74, 6) is 6.85. The summed E-state index contributed by atoms with van der Waals surface area (Å²) in [5, 5.41) is 20.6. The van der Waals surface area contributed by atoms with Gasteiger partial charge in [0.05, 0.1) is 18.3 Å². The van der Waals surface area contributed by atoms with Gasteiger partial charge < -0.3 is 14.9 Å². The third-order valence-corrected chi connectivity index (χ3v) is 4.92. The molecule has 0 amide bonds. The van der Waals surface area contributed by atoms with E-state index in [0.29, 0.717) is 12.8 Å². The zero-order valence-electron chi connectivity index (χ0n) is 14.1. The standard InChI is InChI=1S/C20H23O3.Y/c1-3-4-7-13(2)16(21)11-10-14-17(22)12-19-20(14)15-8-5-6-9-18(15)23-19;/h5-6,8,10-11,13-14,16-17,19-22H,7,12H2,1-2H3;/q-1;/b11-10+;/t13?,14-,16+,17+,19?,20-;/m0./s1. The Morgan fingerprint density at radius 3 is 3.04 bits per heavy atom. The number of hydrogen-bond donors (Lipinski definition) is 2. The molecule has 1 fully saturated rings. The molecule has 1 heterocycles. The first-order chi connectivity index (χ1) is 11.1. The van der Waals surface area contributed by atoms with Crippen molar-refractivity contribution in [1.29, 1.82) is 0 Å². The van der Waals surface area contributed by atoms with E-state index in [-0.39, 0.29) is 56.6 Å². The van der Waals surface area contributed by atoms with Gasteiger partial charge in [-0.2, -0.15) is 18.2 Å². The fraction of sp³-hybridized carbons (Fsp3) is 0.500. The van der Waals surface area contributed by atoms with Crippen molar-refractivity contribution in [2.75, 3.05) is 0 Å². The summed E-state index contributed by atoms with van der Waals surface area (Å²) in [7, 11) is 0. The van der Waals surface area contributed by atoms with E-state index in [4.69, 9.17) is 4.74 Å². The van der Waals surface area contributed by atoms with Gasteiger partial charge in [0.25, 0.3) is 0 Å². The molecule has 24 heavy (non-hydrogen) atoms. The second kappa shape index (κ2) is 8.63. The third kappa shape index (κ3) is 3.94. The van der Waals surface area contributed by atoms with Gasteiger partial charge in [-0.25, -0.2) is 0 Å². The van der Waals surface area contributed by atoms with Gasteiger partial charge in [0.15, 0.2) is 0 Å². The first-order valence-electron chi connectivity index (χ1n) is 8.23. The van der Waals surface area contributed by atoms with E-state index in [9.17, 15) is 10.2 Å². The average Bonchev–Trinajstić information content (AvgIpc) is 3.05. The fourth-order valence-electron chi connectivity index (χ4n) is 3.57. The molecule has 1 aromatic carbocycles. The molecule has 0 bridgehead atoms. The van der Waals surface area contributed by atoms with Crippen molar-refractivity contribution in [2.24, 2.45) is 11.8 Å². The fourth-order valence-corrected chi connectivity index (χ4v) is 3.57. The van der Waals surface area contributed by atoms with E-state index < -0.39 is 12.2 Å². The topological polar surface area (TPSA) is 49.7 Å². The van der Waals surface area contributed by atoms with Gasteiger partial charge in [-0.3, -0.25) is 0 Å². The molecule has 0 saturated heterocycles. The SMILES string of the molecule is CC#CCC(C)[C@H](O)/C=C/[C@H]1[C@H](O)CC2Oc3[c-]cccc3[C@@H]21.[Y]. The van der Waals surface area contributed by atoms with E-state index in [1.165, 1.54) is 0 Å². The predicted octanol–water partition coefficient (Wildman–Crippen LogP) is 2.68. The van der Waals surface area contributed by atoms with Crippen molar-refractivity contribution in [2.45, 2.75) is 50.9 Å². The Kier molecular flexibility index (Phi) is 7.07. The number of para-hydroxylation sites is 1. The maximum Gasteiger partial charge on any atom is 0.0952 e. The van der Waals surface area contributed by atoms with Gasteiger partial charge in [-0.05, 0) is 18.8 Å². The zero-order valence-corrected chi connectivity index (χ0v) is 17.0. The maximum atomic E-state index is 10.4. The summed E-state index contributed by atoms with van der Waals surface area (Å²) in [6.07, 6.45) is 4.08. The van der Waals surface area contributed by atoms with Crippen molar-refractivity contribution in [3.8, 4) is 17.6 Å². The quantitative estimate of drug-likeness (QED) is 0.464. The molecule has 2 aliphatic rings. The van der Waals surface area contributed by atoms with Crippen molar-refractivity contribution in [1.82, 2.24) is 0 Å². The van der Waals surface area contributed by atoms with Crippen molar-refractivity contribution >= 4 is 0 Å². The molecule has 2 unspecified atom stereocenters. The molecule has 1 aliphatic carbocycles. The van der Waals surface area contributed by atoms with Crippen LogP contribution >= 0.6 is 0 Å². The number of aliphatic hydroxyl groups excluding tert-OH is 2. The van der Waals surface area contributed by atoms with Crippen LogP contribution in [0.2, 0.25) is 0 Å². The average molecular weight is 400 g/mol. The van der Waals surface area contributed by atoms with Crippen LogP contribution in [0.5, 0.6) is 5.75 Å². The van der Waals surface area contributed by atoms with E-state index in [1.54, 1.807) is 6.92 Å². The minimum Gasteiger partial charge on any atom is -0.516 e. The molecule has 0 aromatic heterocycles. The maximum absolute atomic E-state index is 10.4. The minimum absolute atomic E-state index is 0. The molecular formula is C20H23O3Y-. The molecule has 3 nitrogen and oxygen atoms in total. The summed E-state index contributed by atoms with van der Waals surface area (Å²) < 4.78 is 5.91. The zero-order chi connectivity index (χ0) is 16.4. The Bertz CT molecular complexity index is 646. The molecule has 4 heteroatoms. The van der Waals surface area contributed by atoms with Crippen LogP contribution < -0.4 is 4.74 Å². The van der Waals surface area contributed by atoms with E-state index >= 15 is 0 Å². The van der Waals surface area contributed by atoms with Crippen LogP contribution in [0, 0.1) is 29.7 Å². The van der Waals surface area contributed by atoms with Crippen molar-refractivity contribution < 1.29 is 47.7 Å². The summed E-state index contributed by atoms with van der Waals surface area (Å²) in [6, 6.07) is 8.98. The summed E-state index contributed by atoms with van der Waals surface area (Å²) in [6.45, 7) is 3.79. The summed E-state index contributed by atoms with van der Waals surface area (Å²) >= 11 is 0. The van der Waals surface area contributed by atoms with Crippen LogP contribution in [0.1, 0.15) is 38.2 Å². The van der Waals surface area contributed by atoms with E-state index in [2.05, 4.69) is 17.9 Å². The molecule has 3 rings (SSSR count). The molecule has 2 N–H and O–H groups in total. The van der Waals surface area contributed by atoms with Crippen LogP contribution in [0.3, 0.4) is 0 Å². The van der Waals surface area contributed by atoms with Crippen molar-refractivity contribution in [3.05, 3.63) is 42.0 Å². The Balaban J connectivity index is 0.00000208. The first kappa shape index (κ1) is 19.7. The number of rotatable bonds is 4. The second-order valence-electron chi connectivity index (χ2n) is 6.50. The molecule has 1 aromatic rings. The number of fused-ring (bicyclic) bond motifs is 3. The Labute approximate surface area is 169 Å². The first-order valence-corrected chi connectivity index (χ1v) is 8.23. The molecule has 1 aliphatic heterocycles. The molecule has 0 spiro atoms. The Hall–Kier alpha value is -0.656. The van der Waals surface area contributed by atoms with Crippen LogP contribution in [-0.4, -0.2) is 28.5 Å². The number of aliphatic hydroxyl groups is 2. The summed E-state index contributed by atoms with van der Waals surface area (Å²) in [4.78, 5) is 0. The number of ether oxygens (including phenoxy) is 1. The molecular weight excluding hydrogens is 377 g/mol. The van der Waals surface area contributed by atoms with Crippen LogP contribution in [0.4, 0.5) is 0 Å². The van der Waals surface area contributed by atoms with Gasteiger partial charge in [-0.1, -0.05) is 19.1 Å². The molecule has 1 radical (unpaired) electrons. The second-order valence-corrected chi connectivity index (χ2v) is 6.50. The van der Waals surface area contributed by atoms with Gasteiger partial charge in [0.2, 0.25) is 0 Å². The Morgan fingerprint density at radius 1 is 1.50 bits per heavy atom. The van der Waals surface area contributed by atoms with E-state index in [0.717, 1.165) is 11.3 Å². The molecule has 1 saturated carbocycles. The largest absolute Gasteiger partial charge is 0.516 e. The van der Waals surface area contributed by atoms with Crippen LogP contribution in [0.15, 0.2) is 30.4 Å². The summed E-state index contributed by atoms with van der Waals surface area (Å²) in [5.41, 5.74) is 1.11. The smallest absolute Gasteiger partial charge is 0.0952 e. The number of benzene rings is 1. The van der Waals surface area contributed by atoms with Gasteiger partial charge in [0.1, 0.15) is 0 Å². The van der Waals surface area contributed by atoms with Crippen LogP contribution in [0.25, 0.3) is 0 Å². The molecule has 6 atom stereocenters. The Morgan fingerprint density at radius 2 is 2.29 bits per heavy atom. The van der Waals surface area contributed by atoms with Gasteiger partial charge in [-0.15, -0.1) is 23.5 Å². The van der Waals surface area contributed by atoms with Gasteiger partial charge in [0, 0.05) is 57.2 Å².